The van der Waals surface area contributed by atoms with E-state index >= 15 is 0 Å². The lowest BCUT2D eigenvalue weighted by molar-refractivity contribution is 0.660. The summed E-state index contributed by atoms with van der Waals surface area (Å²) in [5.41, 5.74) is 8.28. The van der Waals surface area contributed by atoms with Crippen molar-refractivity contribution in [3.05, 3.63) is 70.8 Å². The van der Waals surface area contributed by atoms with Crippen molar-refractivity contribution in [2.45, 2.75) is 33.1 Å². The van der Waals surface area contributed by atoms with Gasteiger partial charge in [0, 0.05) is 5.41 Å². The van der Waals surface area contributed by atoms with Gasteiger partial charge < -0.3 is 0 Å². The summed E-state index contributed by atoms with van der Waals surface area (Å²) >= 11 is 0. The summed E-state index contributed by atoms with van der Waals surface area (Å²) in [7, 11) is 0. The van der Waals surface area contributed by atoms with E-state index in [1.807, 2.05) is 0 Å². The van der Waals surface area contributed by atoms with Crippen molar-refractivity contribution in [3.8, 4) is 11.1 Å². The van der Waals surface area contributed by atoms with Crippen LogP contribution in [0, 0.1) is 0 Å². The molecule has 0 bridgehead atoms. The molecule has 0 unspecified atom stereocenters. The van der Waals surface area contributed by atoms with Crippen LogP contribution in [0.15, 0.2) is 48.6 Å². The van der Waals surface area contributed by atoms with Crippen LogP contribution in [0.5, 0.6) is 0 Å². The summed E-state index contributed by atoms with van der Waals surface area (Å²) in [6.45, 7) is 8.79. The molecule has 1 aliphatic rings. The molecule has 0 aliphatic heterocycles. The Hall–Kier alpha value is -2.08. The van der Waals surface area contributed by atoms with E-state index in [2.05, 4.69) is 88.4 Å². The highest BCUT2D eigenvalue weighted by atomic mass is 14.4. The maximum absolute atomic E-state index is 2.34. The van der Waals surface area contributed by atoms with Gasteiger partial charge in [0.25, 0.3) is 0 Å². The van der Waals surface area contributed by atoms with Gasteiger partial charge in [-0.15, -0.1) is 0 Å². The molecule has 106 valence electrons. The van der Waals surface area contributed by atoms with Gasteiger partial charge in [0.1, 0.15) is 0 Å². The van der Waals surface area contributed by atoms with E-state index in [1.165, 1.54) is 33.4 Å². The second-order valence-corrected chi connectivity index (χ2v) is 6.24. The molecule has 0 atom stereocenters. The summed E-state index contributed by atoms with van der Waals surface area (Å²) < 4.78 is 0. The fraction of sp³-hybridized carbons (Fsp3) is 0.238. The van der Waals surface area contributed by atoms with Crippen LogP contribution < -0.4 is 0 Å². The standard InChI is InChI=1S/C21H22/c1-5-7-15-9-11-17-18-12-10-16(8-6-2)14-20(18)21(3,4)19(17)13-15/h5-14H,1-4H3/b7-5+,8-6+. The first-order valence-electron chi connectivity index (χ1n) is 7.62. The topological polar surface area (TPSA) is 0 Å². The van der Waals surface area contributed by atoms with Gasteiger partial charge in [0.15, 0.2) is 0 Å². The van der Waals surface area contributed by atoms with Crippen LogP contribution in [-0.4, -0.2) is 0 Å². The maximum atomic E-state index is 2.34. The SMILES string of the molecule is C/C=C/c1ccc2c(c1)C(C)(C)c1cc(/C=C/C)ccc1-2. The number of hydrogen-bond donors (Lipinski definition) is 0. The van der Waals surface area contributed by atoms with Crippen molar-refractivity contribution in [1.82, 2.24) is 0 Å². The molecule has 0 fully saturated rings. The fourth-order valence-corrected chi connectivity index (χ4v) is 3.36. The van der Waals surface area contributed by atoms with Gasteiger partial charge in [-0.3, -0.25) is 0 Å². The van der Waals surface area contributed by atoms with Crippen molar-refractivity contribution in [1.29, 1.82) is 0 Å². The molecule has 3 rings (SSSR count). The predicted octanol–water partition coefficient (Wildman–Crippen LogP) is 6.06. The predicted molar refractivity (Wildman–Crippen MR) is 93.4 cm³/mol. The van der Waals surface area contributed by atoms with Gasteiger partial charge in [0.05, 0.1) is 0 Å². The molecule has 0 saturated carbocycles. The minimum Gasteiger partial charge on any atom is -0.0871 e. The molecule has 0 saturated heterocycles. The highest BCUT2D eigenvalue weighted by Crippen LogP contribution is 2.49. The molecular formula is C21H22. The number of rotatable bonds is 2. The first-order chi connectivity index (χ1) is 10.1. The van der Waals surface area contributed by atoms with Crippen LogP contribution in [0.1, 0.15) is 49.9 Å². The first kappa shape index (κ1) is 13.9. The smallest absolute Gasteiger partial charge is 0.0159 e. The zero-order valence-electron chi connectivity index (χ0n) is 13.3. The third-order valence-corrected chi connectivity index (χ3v) is 4.44. The highest BCUT2D eigenvalue weighted by molar-refractivity contribution is 5.82. The van der Waals surface area contributed by atoms with Gasteiger partial charge >= 0.3 is 0 Å². The molecule has 0 amide bonds. The monoisotopic (exact) mass is 274 g/mol. The van der Waals surface area contributed by atoms with E-state index in [4.69, 9.17) is 0 Å². The Morgan fingerprint density at radius 3 is 1.52 bits per heavy atom. The molecule has 1 aliphatic carbocycles. The average Bonchev–Trinajstić information content (AvgIpc) is 2.68. The van der Waals surface area contributed by atoms with Crippen LogP contribution in [-0.2, 0) is 5.41 Å². The maximum Gasteiger partial charge on any atom is 0.0159 e. The van der Waals surface area contributed by atoms with Crippen LogP contribution in [0.25, 0.3) is 23.3 Å². The van der Waals surface area contributed by atoms with Crippen molar-refractivity contribution >= 4 is 12.2 Å². The summed E-state index contributed by atoms with van der Waals surface area (Å²) in [4.78, 5) is 0. The lowest BCUT2D eigenvalue weighted by Gasteiger charge is -2.22. The zero-order valence-corrected chi connectivity index (χ0v) is 13.3. The Labute approximate surface area is 127 Å². The summed E-state index contributed by atoms with van der Waals surface area (Å²) in [6, 6.07) is 13.6. The molecular weight excluding hydrogens is 252 g/mol. The van der Waals surface area contributed by atoms with E-state index in [9.17, 15) is 0 Å². The second-order valence-electron chi connectivity index (χ2n) is 6.24. The summed E-state index contributed by atoms with van der Waals surface area (Å²) in [5.74, 6) is 0. The van der Waals surface area contributed by atoms with Gasteiger partial charge in [0.2, 0.25) is 0 Å². The van der Waals surface area contributed by atoms with Crippen LogP contribution in [0.2, 0.25) is 0 Å². The van der Waals surface area contributed by atoms with Gasteiger partial charge in [-0.2, -0.15) is 0 Å². The van der Waals surface area contributed by atoms with Crippen molar-refractivity contribution < 1.29 is 0 Å². The molecule has 21 heavy (non-hydrogen) atoms. The van der Waals surface area contributed by atoms with E-state index in [-0.39, 0.29) is 5.41 Å². The molecule has 2 aromatic carbocycles. The second kappa shape index (κ2) is 5.04. The molecule has 0 radical (unpaired) electrons. The number of allylic oxidation sites excluding steroid dienone is 2. The Kier molecular flexibility index (Phi) is 3.33. The van der Waals surface area contributed by atoms with Crippen LogP contribution >= 0.6 is 0 Å². The fourth-order valence-electron chi connectivity index (χ4n) is 3.36. The van der Waals surface area contributed by atoms with E-state index in [0.717, 1.165) is 0 Å². The number of fused-ring (bicyclic) bond motifs is 3. The first-order valence-corrected chi connectivity index (χ1v) is 7.62. The van der Waals surface area contributed by atoms with E-state index < -0.39 is 0 Å². The molecule has 0 aromatic heterocycles. The zero-order chi connectivity index (χ0) is 15.0. The molecule has 0 N–H and O–H groups in total. The Morgan fingerprint density at radius 1 is 0.714 bits per heavy atom. The number of benzene rings is 2. The Balaban J connectivity index is 2.21. The lowest BCUT2D eigenvalue weighted by atomic mass is 9.81. The van der Waals surface area contributed by atoms with Crippen molar-refractivity contribution in [3.63, 3.8) is 0 Å². The van der Waals surface area contributed by atoms with E-state index in [1.54, 1.807) is 0 Å². The minimum atomic E-state index is 0.0693. The molecule has 0 spiro atoms. The number of hydrogen-bond acceptors (Lipinski definition) is 0. The van der Waals surface area contributed by atoms with Gasteiger partial charge in [-0.25, -0.2) is 0 Å². The van der Waals surface area contributed by atoms with E-state index in [0.29, 0.717) is 0 Å². The summed E-state index contributed by atoms with van der Waals surface area (Å²) in [5, 5.41) is 0. The van der Waals surface area contributed by atoms with Crippen LogP contribution in [0.3, 0.4) is 0 Å². The van der Waals surface area contributed by atoms with Crippen molar-refractivity contribution in [2.24, 2.45) is 0 Å². The van der Waals surface area contributed by atoms with Crippen LogP contribution in [0.4, 0.5) is 0 Å². The molecule has 0 heteroatoms. The minimum absolute atomic E-state index is 0.0693. The average molecular weight is 274 g/mol. The quantitative estimate of drug-likeness (QED) is 0.624. The Bertz CT molecular complexity index is 679. The Morgan fingerprint density at radius 2 is 1.14 bits per heavy atom. The third kappa shape index (κ3) is 2.15. The largest absolute Gasteiger partial charge is 0.0871 e. The molecule has 0 nitrogen and oxygen atoms in total. The van der Waals surface area contributed by atoms with Gasteiger partial charge in [-0.1, -0.05) is 74.5 Å². The molecule has 0 heterocycles. The highest BCUT2D eigenvalue weighted by Gasteiger charge is 2.35. The van der Waals surface area contributed by atoms with Gasteiger partial charge in [-0.05, 0) is 47.2 Å². The third-order valence-electron chi connectivity index (χ3n) is 4.44. The lowest BCUT2D eigenvalue weighted by Crippen LogP contribution is -2.15. The molecule has 2 aromatic rings. The van der Waals surface area contributed by atoms with Crippen molar-refractivity contribution in [2.75, 3.05) is 0 Å². The summed E-state index contributed by atoms with van der Waals surface area (Å²) in [6.07, 6.45) is 8.54. The normalized spacial score (nSPS) is 15.6.